The molecule has 0 amide bonds. The van der Waals surface area contributed by atoms with Crippen LogP contribution in [0.5, 0.6) is 0 Å². The summed E-state index contributed by atoms with van der Waals surface area (Å²) in [6.45, 7) is 0.371. The van der Waals surface area contributed by atoms with E-state index in [1.807, 2.05) is 0 Å². The lowest BCUT2D eigenvalue weighted by molar-refractivity contribution is 0.661. The molecule has 2 aromatic heterocycles. The smallest absolute Gasteiger partial charge is 0.321 e. The molecule has 0 unspecified atom stereocenters. The predicted octanol–water partition coefficient (Wildman–Crippen LogP) is 0.678. The fourth-order valence-electron chi connectivity index (χ4n) is 1.23. The van der Waals surface area contributed by atoms with Gasteiger partial charge in [-0.2, -0.15) is 0 Å². The average Bonchev–Trinajstić information content (AvgIpc) is 2.53. The standard InChI is InChI=1S/C9H9ClN4O/c1-13-7(10)5-12-8(13)6-14-4-2-3-11-9(14)15/h2-5H,6H2,1H3. The molecule has 15 heavy (non-hydrogen) atoms. The molecule has 0 aromatic carbocycles. The van der Waals surface area contributed by atoms with Gasteiger partial charge in [-0.15, -0.1) is 0 Å². The summed E-state index contributed by atoms with van der Waals surface area (Å²) < 4.78 is 3.19. The third-order valence-electron chi connectivity index (χ3n) is 2.12. The highest BCUT2D eigenvalue weighted by Gasteiger charge is 2.05. The van der Waals surface area contributed by atoms with Crippen molar-refractivity contribution in [3.8, 4) is 0 Å². The summed E-state index contributed by atoms with van der Waals surface area (Å²) in [5.74, 6) is 0.718. The zero-order valence-electron chi connectivity index (χ0n) is 8.09. The van der Waals surface area contributed by atoms with Gasteiger partial charge in [-0.25, -0.2) is 14.8 Å². The van der Waals surface area contributed by atoms with E-state index in [1.165, 1.54) is 10.8 Å². The molecule has 0 aliphatic carbocycles. The van der Waals surface area contributed by atoms with Gasteiger partial charge in [-0.1, -0.05) is 11.6 Å². The third-order valence-corrected chi connectivity index (χ3v) is 2.47. The lowest BCUT2D eigenvalue weighted by Gasteiger charge is -2.04. The van der Waals surface area contributed by atoms with Crippen LogP contribution in [0.3, 0.4) is 0 Å². The Balaban J connectivity index is 2.34. The second-order valence-corrected chi connectivity index (χ2v) is 3.47. The number of rotatable bonds is 2. The van der Waals surface area contributed by atoms with Gasteiger partial charge in [0.15, 0.2) is 0 Å². The van der Waals surface area contributed by atoms with Gasteiger partial charge in [0, 0.05) is 19.4 Å². The molecular weight excluding hydrogens is 216 g/mol. The maximum Gasteiger partial charge on any atom is 0.347 e. The Labute approximate surface area is 91.0 Å². The number of hydrogen-bond donors (Lipinski definition) is 0. The molecule has 2 rings (SSSR count). The number of nitrogens with zero attached hydrogens (tertiary/aromatic N) is 4. The molecule has 0 N–H and O–H groups in total. The SMILES string of the molecule is Cn1c(Cl)cnc1Cn1cccnc1=O. The van der Waals surface area contributed by atoms with Crippen molar-refractivity contribution in [2.24, 2.45) is 7.05 Å². The number of aromatic nitrogens is 4. The molecule has 5 nitrogen and oxygen atoms in total. The molecule has 0 aliphatic heterocycles. The van der Waals surface area contributed by atoms with E-state index in [0.29, 0.717) is 11.7 Å². The molecule has 0 saturated carbocycles. The van der Waals surface area contributed by atoms with Gasteiger partial charge in [0.2, 0.25) is 0 Å². The van der Waals surface area contributed by atoms with Gasteiger partial charge >= 0.3 is 5.69 Å². The van der Waals surface area contributed by atoms with E-state index in [2.05, 4.69) is 9.97 Å². The summed E-state index contributed by atoms with van der Waals surface area (Å²) in [5.41, 5.74) is -0.295. The van der Waals surface area contributed by atoms with Crippen LogP contribution in [0.4, 0.5) is 0 Å². The molecular formula is C9H9ClN4O. The van der Waals surface area contributed by atoms with Gasteiger partial charge < -0.3 is 4.57 Å². The predicted molar refractivity (Wildman–Crippen MR) is 55.8 cm³/mol. The van der Waals surface area contributed by atoms with Crippen LogP contribution in [0.2, 0.25) is 5.15 Å². The van der Waals surface area contributed by atoms with Crippen molar-refractivity contribution >= 4 is 11.6 Å². The molecule has 0 saturated heterocycles. The highest BCUT2D eigenvalue weighted by atomic mass is 35.5. The van der Waals surface area contributed by atoms with Crippen molar-refractivity contribution in [3.63, 3.8) is 0 Å². The van der Waals surface area contributed by atoms with E-state index in [-0.39, 0.29) is 5.69 Å². The molecule has 0 spiro atoms. The van der Waals surface area contributed by atoms with E-state index >= 15 is 0 Å². The number of halogens is 1. The van der Waals surface area contributed by atoms with Crippen molar-refractivity contribution in [2.75, 3.05) is 0 Å². The van der Waals surface area contributed by atoms with Crippen molar-refractivity contribution in [1.29, 1.82) is 0 Å². The third kappa shape index (κ3) is 1.92. The van der Waals surface area contributed by atoms with Gasteiger partial charge in [-0.05, 0) is 6.07 Å². The fourth-order valence-corrected chi connectivity index (χ4v) is 1.38. The van der Waals surface area contributed by atoms with Crippen LogP contribution in [0.15, 0.2) is 29.5 Å². The Morgan fingerprint density at radius 2 is 2.27 bits per heavy atom. The van der Waals surface area contributed by atoms with E-state index in [1.54, 1.807) is 30.1 Å². The highest BCUT2D eigenvalue weighted by molar-refractivity contribution is 6.29. The molecule has 6 heteroatoms. The molecule has 0 bridgehead atoms. The number of hydrogen-bond acceptors (Lipinski definition) is 3. The zero-order chi connectivity index (χ0) is 10.8. The second-order valence-electron chi connectivity index (χ2n) is 3.09. The lowest BCUT2D eigenvalue weighted by atomic mass is 10.5. The average molecular weight is 225 g/mol. The molecule has 0 aliphatic rings. The molecule has 2 aromatic rings. The summed E-state index contributed by atoms with van der Waals surface area (Å²) in [6, 6.07) is 1.70. The largest absolute Gasteiger partial charge is 0.347 e. The summed E-state index contributed by atoms with van der Waals surface area (Å²) in [7, 11) is 1.80. The van der Waals surface area contributed by atoms with Crippen molar-refractivity contribution < 1.29 is 0 Å². The Hall–Kier alpha value is -1.62. The number of imidazole rings is 1. The normalized spacial score (nSPS) is 10.5. The first-order chi connectivity index (χ1) is 7.18. The first kappa shape index (κ1) is 9.92. The van der Waals surface area contributed by atoms with Crippen LogP contribution in [0.1, 0.15) is 5.82 Å². The van der Waals surface area contributed by atoms with Crippen molar-refractivity contribution in [3.05, 3.63) is 46.1 Å². The van der Waals surface area contributed by atoms with Gasteiger partial charge in [0.05, 0.1) is 12.7 Å². The summed E-state index contributed by atoms with van der Waals surface area (Å²) in [5, 5.41) is 0.543. The van der Waals surface area contributed by atoms with E-state index < -0.39 is 0 Å². The Bertz CT molecular complexity index is 531. The first-order valence-electron chi connectivity index (χ1n) is 4.36. The van der Waals surface area contributed by atoms with E-state index in [9.17, 15) is 4.79 Å². The van der Waals surface area contributed by atoms with Crippen LogP contribution >= 0.6 is 11.6 Å². The van der Waals surface area contributed by atoms with Crippen LogP contribution in [0, 0.1) is 0 Å². The summed E-state index contributed by atoms with van der Waals surface area (Å²) in [4.78, 5) is 19.1. The van der Waals surface area contributed by atoms with Crippen LogP contribution in [-0.4, -0.2) is 19.1 Å². The molecule has 0 radical (unpaired) electrons. The minimum Gasteiger partial charge on any atom is -0.321 e. The molecule has 78 valence electrons. The lowest BCUT2D eigenvalue weighted by Crippen LogP contribution is -2.23. The second kappa shape index (κ2) is 3.86. The highest BCUT2D eigenvalue weighted by Crippen LogP contribution is 2.09. The van der Waals surface area contributed by atoms with Crippen LogP contribution in [-0.2, 0) is 13.6 Å². The molecule has 0 atom stereocenters. The van der Waals surface area contributed by atoms with Gasteiger partial charge in [-0.3, -0.25) is 4.57 Å². The summed E-state index contributed by atoms with van der Waals surface area (Å²) >= 11 is 5.83. The fraction of sp³-hybridized carbons (Fsp3) is 0.222. The maximum absolute atomic E-state index is 11.3. The zero-order valence-corrected chi connectivity index (χ0v) is 8.85. The van der Waals surface area contributed by atoms with E-state index in [0.717, 1.165) is 5.82 Å². The maximum atomic E-state index is 11.3. The van der Waals surface area contributed by atoms with Gasteiger partial charge in [0.25, 0.3) is 0 Å². The van der Waals surface area contributed by atoms with Crippen LogP contribution < -0.4 is 5.69 Å². The van der Waals surface area contributed by atoms with Crippen LogP contribution in [0.25, 0.3) is 0 Å². The minimum absolute atomic E-state index is 0.295. The topological polar surface area (TPSA) is 52.7 Å². The molecule has 2 heterocycles. The Morgan fingerprint density at radius 3 is 2.87 bits per heavy atom. The monoisotopic (exact) mass is 224 g/mol. The van der Waals surface area contributed by atoms with E-state index in [4.69, 9.17) is 11.6 Å². The van der Waals surface area contributed by atoms with Crippen molar-refractivity contribution in [1.82, 2.24) is 19.1 Å². The summed E-state index contributed by atoms with van der Waals surface area (Å²) in [6.07, 6.45) is 4.68. The first-order valence-corrected chi connectivity index (χ1v) is 4.74. The minimum atomic E-state index is -0.295. The molecule has 0 fully saturated rings. The van der Waals surface area contributed by atoms with Crippen molar-refractivity contribution in [2.45, 2.75) is 6.54 Å². The Morgan fingerprint density at radius 1 is 1.47 bits per heavy atom. The Kier molecular flexibility index (Phi) is 2.55. The van der Waals surface area contributed by atoms with Gasteiger partial charge in [0.1, 0.15) is 11.0 Å². The quantitative estimate of drug-likeness (QED) is 0.754.